The molecule has 22 heavy (non-hydrogen) atoms. The van der Waals surface area contributed by atoms with Crippen molar-refractivity contribution < 1.29 is 13.7 Å². The number of rotatable bonds is 3. The van der Waals surface area contributed by atoms with E-state index in [4.69, 9.17) is 10.5 Å². The van der Waals surface area contributed by atoms with Gasteiger partial charge in [0.1, 0.15) is 11.6 Å². The molecule has 0 aliphatic rings. The second kappa shape index (κ2) is 7.18. The first-order valence-electron chi connectivity index (χ1n) is 7.52. The first-order chi connectivity index (χ1) is 10.7. The fraction of sp³-hybridized carbons (Fsp3) is 0.278. The Hall–Kier alpha value is -2.20. The number of fused-ring (bicyclic) bond motifs is 3. The highest BCUT2D eigenvalue weighted by atomic mass is 19.1. The van der Waals surface area contributed by atoms with Gasteiger partial charge in [-0.25, -0.2) is 4.39 Å². The molecule has 0 unspecified atom stereocenters. The van der Waals surface area contributed by atoms with Crippen molar-refractivity contribution in [2.24, 2.45) is 5.73 Å². The third-order valence-electron chi connectivity index (χ3n) is 3.48. The van der Waals surface area contributed by atoms with Crippen molar-refractivity contribution in [2.75, 3.05) is 13.7 Å². The van der Waals surface area contributed by atoms with Gasteiger partial charge in [0.2, 0.25) is 5.52 Å². The normalized spacial score (nSPS) is 10.4. The van der Waals surface area contributed by atoms with E-state index >= 15 is 0 Å². The lowest BCUT2D eigenvalue weighted by atomic mass is 10.1. The van der Waals surface area contributed by atoms with Crippen molar-refractivity contribution in [1.29, 1.82) is 0 Å². The van der Waals surface area contributed by atoms with Gasteiger partial charge in [-0.2, -0.15) is 4.57 Å². The van der Waals surface area contributed by atoms with Crippen LogP contribution in [0.4, 0.5) is 4.39 Å². The van der Waals surface area contributed by atoms with Gasteiger partial charge in [-0.1, -0.05) is 13.8 Å². The Bertz CT molecular complexity index is 787. The molecule has 0 bridgehead atoms. The summed E-state index contributed by atoms with van der Waals surface area (Å²) in [5, 5.41) is 2.91. The van der Waals surface area contributed by atoms with Crippen molar-refractivity contribution in [3.8, 4) is 5.75 Å². The number of aromatic nitrogens is 1. The third kappa shape index (κ3) is 3.02. The molecule has 2 N–H and O–H groups in total. The topological polar surface area (TPSA) is 39.1 Å². The highest BCUT2D eigenvalue weighted by molar-refractivity contribution is 6.04. The third-order valence-corrected chi connectivity index (χ3v) is 3.48. The number of methoxy groups -OCH3 is 1. The van der Waals surface area contributed by atoms with E-state index in [0.29, 0.717) is 13.1 Å². The van der Waals surface area contributed by atoms with Crippen LogP contribution in [0.1, 0.15) is 13.8 Å². The van der Waals surface area contributed by atoms with E-state index in [1.54, 1.807) is 19.2 Å². The molecule has 0 aliphatic heterocycles. The van der Waals surface area contributed by atoms with Crippen LogP contribution in [0.5, 0.6) is 5.75 Å². The molecule has 0 saturated carbocycles. The smallest absolute Gasteiger partial charge is 0.213 e. The van der Waals surface area contributed by atoms with E-state index in [1.807, 2.05) is 38.2 Å². The van der Waals surface area contributed by atoms with E-state index in [-0.39, 0.29) is 5.82 Å². The van der Waals surface area contributed by atoms with Crippen molar-refractivity contribution in [3.63, 3.8) is 0 Å². The zero-order valence-corrected chi connectivity index (χ0v) is 13.3. The summed E-state index contributed by atoms with van der Waals surface area (Å²) in [5.41, 5.74) is 6.64. The molecule has 1 heterocycles. The minimum atomic E-state index is -0.236. The Kier molecular flexibility index (Phi) is 5.28. The Labute approximate surface area is 130 Å². The van der Waals surface area contributed by atoms with Gasteiger partial charge in [0.25, 0.3) is 0 Å². The predicted octanol–water partition coefficient (Wildman–Crippen LogP) is 3.41. The van der Waals surface area contributed by atoms with Crippen LogP contribution in [0.25, 0.3) is 21.7 Å². The summed E-state index contributed by atoms with van der Waals surface area (Å²) in [4.78, 5) is 0. The molecule has 1 aromatic heterocycles. The van der Waals surface area contributed by atoms with Gasteiger partial charge in [-0.3, -0.25) is 0 Å². The van der Waals surface area contributed by atoms with Gasteiger partial charge in [0, 0.05) is 11.5 Å². The van der Waals surface area contributed by atoms with E-state index in [1.165, 1.54) is 6.07 Å². The molecule has 0 aliphatic carbocycles. The molecule has 0 spiro atoms. The summed E-state index contributed by atoms with van der Waals surface area (Å²) in [7, 11) is 1.63. The fourth-order valence-corrected chi connectivity index (χ4v) is 2.56. The Balaban J connectivity index is 0.000000847. The predicted molar refractivity (Wildman–Crippen MR) is 88.6 cm³/mol. The van der Waals surface area contributed by atoms with Gasteiger partial charge in [-0.05, 0) is 30.3 Å². The lowest BCUT2D eigenvalue weighted by Gasteiger charge is -2.07. The number of halogens is 1. The van der Waals surface area contributed by atoms with Crippen LogP contribution >= 0.6 is 0 Å². The molecule has 0 fully saturated rings. The van der Waals surface area contributed by atoms with Gasteiger partial charge in [-0.15, -0.1) is 0 Å². The first kappa shape index (κ1) is 16.2. The highest BCUT2D eigenvalue weighted by Crippen LogP contribution is 2.26. The quantitative estimate of drug-likeness (QED) is 0.595. The average Bonchev–Trinajstić information content (AvgIpc) is 2.56. The maximum absolute atomic E-state index is 13.6. The van der Waals surface area contributed by atoms with Crippen LogP contribution in [-0.4, -0.2) is 13.7 Å². The molecule has 0 atom stereocenters. The zero-order chi connectivity index (χ0) is 16.1. The van der Waals surface area contributed by atoms with E-state index in [2.05, 4.69) is 4.57 Å². The molecule has 3 nitrogen and oxygen atoms in total. The van der Waals surface area contributed by atoms with E-state index in [9.17, 15) is 4.39 Å². The lowest BCUT2D eigenvalue weighted by molar-refractivity contribution is -0.667. The summed E-state index contributed by atoms with van der Waals surface area (Å²) in [6, 6.07) is 10.6. The largest absolute Gasteiger partial charge is 0.497 e. The first-order valence-corrected chi connectivity index (χ1v) is 7.52. The van der Waals surface area contributed by atoms with E-state index < -0.39 is 0 Å². The maximum atomic E-state index is 13.6. The second-order valence-electron chi connectivity index (χ2n) is 4.73. The molecule has 0 saturated heterocycles. The Morgan fingerprint density at radius 1 is 1.09 bits per heavy atom. The zero-order valence-electron chi connectivity index (χ0n) is 13.3. The average molecular weight is 301 g/mol. The molecule has 4 heteroatoms. The molecule has 116 valence electrons. The van der Waals surface area contributed by atoms with Crippen LogP contribution in [0, 0.1) is 5.82 Å². The molecule has 3 rings (SSSR count). The molecular formula is C18H22FN2O+. The SMILES string of the molecule is CC.COc1ccc2c(c1)c[n+](CCN)c1ccc(F)cc21. The number of ether oxygens (including phenoxy) is 1. The number of hydrogen-bond acceptors (Lipinski definition) is 2. The van der Waals surface area contributed by atoms with Gasteiger partial charge in [0.15, 0.2) is 12.7 Å². The van der Waals surface area contributed by atoms with Crippen LogP contribution in [0.3, 0.4) is 0 Å². The van der Waals surface area contributed by atoms with Crippen LogP contribution < -0.4 is 15.0 Å². The molecule has 0 radical (unpaired) electrons. The van der Waals surface area contributed by atoms with Crippen molar-refractivity contribution >= 4 is 21.7 Å². The monoisotopic (exact) mass is 301 g/mol. The lowest BCUT2D eigenvalue weighted by Crippen LogP contribution is -2.38. The van der Waals surface area contributed by atoms with E-state index in [0.717, 1.165) is 27.4 Å². The number of nitrogens with zero attached hydrogens (tertiary/aromatic N) is 1. The number of benzene rings is 2. The van der Waals surface area contributed by atoms with Crippen LogP contribution in [0.2, 0.25) is 0 Å². The summed E-state index contributed by atoms with van der Waals surface area (Å²) >= 11 is 0. The van der Waals surface area contributed by atoms with Gasteiger partial charge in [0.05, 0.1) is 24.4 Å². The van der Waals surface area contributed by atoms with Crippen molar-refractivity contribution in [2.45, 2.75) is 20.4 Å². The van der Waals surface area contributed by atoms with Gasteiger partial charge < -0.3 is 10.5 Å². The fourth-order valence-electron chi connectivity index (χ4n) is 2.56. The molecule has 0 amide bonds. The number of pyridine rings is 1. The minimum Gasteiger partial charge on any atom is -0.497 e. The van der Waals surface area contributed by atoms with Gasteiger partial charge >= 0.3 is 0 Å². The van der Waals surface area contributed by atoms with Crippen molar-refractivity contribution in [3.05, 3.63) is 48.4 Å². The minimum absolute atomic E-state index is 0.236. The summed E-state index contributed by atoms with van der Waals surface area (Å²) in [5.74, 6) is 0.549. The summed E-state index contributed by atoms with van der Waals surface area (Å²) < 4.78 is 20.9. The Morgan fingerprint density at radius 2 is 1.86 bits per heavy atom. The Morgan fingerprint density at radius 3 is 2.55 bits per heavy atom. The van der Waals surface area contributed by atoms with Crippen LogP contribution in [0.15, 0.2) is 42.6 Å². The van der Waals surface area contributed by atoms with Crippen LogP contribution in [-0.2, 0) is 6.54 Å². The summed E-state index contributed by atoms with van der Waals surface area (Å²) in [6.45, 7) is 5.22. The highest BCUT2D eigenvalue weighted by Gasteiger charge is 2.14. The maximum Gasteiger partial charge on any atom is 0.213 e. The molecular weight excluding hydrogens is 279 g/mol. The summed E-state index contributed by atoms with van der Waals surface area (Å²) in [6.07, 6.45) is 2.03. The van der Waals surface area contributed by atoms with Crippen molar-refractivity contribution in [1.82, 2.24) is 0 Å². The number of nitrogens with two attached hydrogens (primary N) is 1. The number of hydrogen-bond donors (Lipinski definition) is 1. The molecule has 2 aromatic carbocycles. The standard InChI is InChI=1S/C16H16FN2O.C2H6/c1-20-13-3-4-14-11(8-13)10-19(7-6-18)16-5-2-12(17)9-15(14)16;1-2/h2-5,8-10H,6-7,18H2,1H3;1-2H3/q+1;. The second-order valence-corrected chi connectivity index (χ2v) is 4.73. The molecule has 3 aromatic rings.